The number of hydrogen-bond acceptors (Lipinski definition) is 5. The number of fused-ring (bicyclic) bond motifs is 1. The van der Waals surface area contributed by atoms with Crippen LogP contribution in [-0.4, -0.2) is 36.3 Å². The number of rotatable bonds is 6. The summed E-state index contributed by atoms with van der Waals surface area (Å²) in [5.41, 5.74) is 0.640. The number of aliphatic hydroxyl groups is 1. The fraction of sp³-hybridized carbons (Fsp3) is 0.167. The Morgan fingerprint density at radius 1 is 1.07 bits per heavy atom. The molecule has 0 fully saturated rings. The lowest BCUT2D eigenvalue weighted by molar-refractivity contribution is 0.269. The van der Waals surface area contributed by atoms with Crippen LogP contribution in [0.2, 0.25) is 0 Å². The van der Waals surface area contributed by atoms with Gasteiger partial charge in [0.2, 0.25) is 0 Å². The van der Waals surface area contributed by atoms with Crippen LogP contribution in [0.15, 0.2) is 48.9 Å². The van der Waals surface area contributed by atoms with Crippen molar-refractivity contribution in [1.29, 1.82) is 0 Å². The molecule has 0 saturated heterocycles. The SMILES string of the molecule is OCCn1ccc(Nc2cc3c(cn2)cnn3Cc2c(F)cccc2F)n1. The van der Waals surface area contributed by atoms with E-state index in [1.54, 1.807) is 35.4 Å². The van der Waals surface area contributed by atoms with Gasteiger partial charge < -0.3 is 10.4 Å². The van der Waals surface area contributed by atoms with Crippen molar-refractivity contribution in [2.45, 2.75) is 13.1 Å². The monoisotopic (exact) mass is 370 g/mol. The van der Waals surface area contributed by atoms with Crippen LogP contribution in [0.25, 0.3) is 10.9 Å². The lowest BCUT2D eigenvalue weighted by Gasteiger charge is -2.08. The summed E-state index contributed by atoms with van der Waals surface area (Å²) in [4.78, 5) is 4.30. The predicted molar refractivity (Wildman–Crippen MR) is 95.6 cm³/mol. The number of aliphatic hydroxyl groups excluding tert-OH is 1. The molecule has 0 amide bonds. The Morgan fingerprint density at radius 2 is 1.89 bits per heavy atom. The fourth-order valence-electron chi connectivity index (χ4n) is 2.79. The van der Waals surface area contributed by atoms with Crippen LogP contribution in [0.3, 0.4) is 0 Å². The van der Waals surface area contributed by atoms with E-state index in [0.717, 1.165) is 5.39 Å². The lowest BCUT2D eigenvalue weighted by Crippen LogP contribution is -2.06. The Morgan fingerprint density at radius 3 is 2.67 bits per heavy atom. The molecule has 4 rings (SSSR count). The van der Waals surface area contributed by atoms with Crippen molar-refractivity contribution in [2.75, 3.05) is 11.9 Å². The van der Waals surface area contributed by atoms with Crippen LogP contribution < -0.4 is 5.32 Å². The van der Waals surface area contributed by atoms with Gasteiger partial charge in [-0.2, -0.15) is 10.2 Å². The molecule has 138 valence electrons. The number of nitrogens with zero attached hydrogens (tertiary/aromatic N) is 5. The van der Waals surface area contributed by atoms with Crippen LogP contribution in [0, 0.1) is 11.6 Å². The van der Waals surface area contributed by atoms with Gasteiger partial charge in [-0.15, -0.1) is 0 Å². The second kappa shape index (κ2) is 7.12. The molecule has 3 heterocycles. The molecule has 3 aromatic heterocycles. The van der Waals surface area contributed by atoms with Crippen LogP contribution in [0.5, 0.6) is 0 Å². The van der Waals surface area contributed by atoms with Crippen molar-refractivity contribution in [3.63, 3.8) is 0 Å². The van der Waals surface area contributed by atoms with Gasteiger partial charge in [0.15, 0.2) is 5.82 Å². The summed E-state index contributed by atoms with van der Waals surface area (Å²) in [6.07, 6.45) is 4.96. The summed E-state index contributed by atoms with van der Waals surface area (Å²) < 4.78 is 31.0. The molecule has 7 nitrogen and oxygen atoms in total. The summed E-state index contributed by atoms with van der Waals surface area (Å²) in [7, 11) is 0. The fourth-order valence-corrected chi connectivity index (χ4v) is 2.79. The van der Waals surface area contributed by atoms with Crippen molar-refractivity contribution in [3.8, 4) is 0 Å². The van der Waals surface area contributed by atoms with Crippen molar-refractivity contribution in [2.24, 2.45) is 0 Å². The second-order valence-corrected chi connectivity index (χ2v) is 5.94. The first-order valence-electron chi connectivity index (χ1n) is 8.30. The number of aromatic nitrogens is 5. The third-order valence-electron chi connectivity index (χ3n) is 4.12. The molecule has 1 aromatic carbocycles. The normalized spacial score (nSPS) is 11.2. The van der Waals surface area contributed by atoms with Crippen LogP contribution in [0.4, 0.5) is 20.4 Å². The minimum Gasteiger partial charge on any atom is -0.394 e. The molecule has 0 bridgehead atoms. The number of pyridine rings is 1. The Bertz CT molecular complexity index is 1070. The van der Waals surface area contributed by atoms with Gasteiger partial charge in [-0.05, 0) is 12.1 Å². The predicted octanol–water partition coefficient (Wildman–Crippen LogP) is 2.69. The standard InChI is InChI=1S/C18H16F2N6O/c19-14-2-1-3-15(20)13(14)11-26-16-8-18(21-9-12(16)10-22-26)23-17-4-5-25(24-17)6-7-27/h1-5,8-10,27H,6-7,11H2,(H,21,23,24). The third kappa shape index (κ3) is 3.49. The minimum absolute atomic E-state index is 0.00286. The van der Waals surface area contributed by atoms with E-state index in [2.05, 4.69) is 20.5 Å². The number of halogens is 2. The van der Waals surface area contributed by atoms with Crippen molar-refractivity contribution in [3.05, 3.63) is 66.1 Å². The highest BCUT2D eigenvalue weighted by Crippen LogP contribution is 2.21. The van der Waals surface area contributed by atoms with E-state index >= 15 is 0 Å². The van der Waals surface area contributed by atoms with Gasteiger partial charge in [-0.3, -0.25) is 9.36 Å². The molecule has 0 spiro atoms. The molecule has 9 heteroatoms. The first kappa shape index (κ1) is 17.1. The Kier molecular flexibility index (Phi) is 4.51. The molecular weight excluding hydrogens is 354 g/mol. The number of benzene rings is 1. The molecule has 0 aliphatic heterocycles. The molecule has 0 aliphatic rings. The highest BCUT2D eigenvalue weighted by Gasteiger charge is 2.12. The van der Waals surface area contributed by atoms with Gasteiger partial charge in [0, 0.05) is 35.5 Å². The van der Waals surface area contributed by atoms with Crippen molar-refractivity contribution >= 4 is 22.5 Å². The summed E-state index contributed by atoms with van der Waals surface area (Å²) in [5, 5.41) is 21.2. The van der Waals surface area contributed by atoms with E-state index in [4.69, 9.17) is 5.11 Å². The number of anilines is 2. The van der Waals surface area contributed by atoms with Gasteiger partial charge >= 0.3 is 0 Å². The smallest absolute Gasteiger partial charge is 0.153 e. The lowest BCUT2D eigenvalue weighted by atomic mass is 10.2. The summed E-state index contributed by atoms with van der Waals surface area (Å²) in [5.74, 6) is -0.130. The zero-order chi connectivity index (χ0) is 18.8. The van der Waals surface area contributed by atoms with Gasteiger partial charge in [0.25, 0.3) is 0 Å². The van der Waals surface area contributed by atoms with Gasteiger partial charge in [0.1, 0.15) is 17.5 Å². The molecular formula is C18H16F2N6O. The molecule has 4 aromatic rings. The highest BCUT2D eigenvalue weighted by atomic mass is 19.1. The maximum absolute atomic E-state index is 13.9. The summed E-state index contributed by atoms with van der Waals surface area (Å²) >= 11 is 0. The first-order valence-corrected chi connectivity index (χ1v) is 8.30. The van der Waals surface area contributed by atoms with Crippen LogP contribution in [-0.2, 0) is 13.1 Å². The number of nitrogens with one attached hydrogen (secondary N) is 1. The molecule has 0 atom stereocenters. The zero-order valence-electron chi connectivity index (χ0n) is 14.2. The summed E-state index contributed by atoms with van der Waals surface area (Å²) in [6.45, 7) is 0.364. The van der Waals surface area contributed by atoms with E-state index in [1.807, 2.05) is 0 Å². The largest absolute Gasteiger partial charge is 0.394 e. The van der Waals surface area contributed by atoms with Crippen molar-refractivity contribution < 1.29 is 13.9 Å². The second-order valence-electron chi connectivity index (χ2n) is 5.94. The molecule has 2 N–H and O–H groups in total. The van der Waals surface area contributed by atoms with Crippen LogP contribution in [0.1, 0.15) is 5.56 Å². The maximum Gasteiger partial charge on any atom is 0.153 e. The first-order chi connectivity index (χ1) is 13.1. The molecule has 0 aliphatic carbocycles. The van der Waals surface area contributed by atoms with Gasteiger partial charge in [-0.1, -0.05) is 6.07 Å². The van der Waals surface area contributed by atoms with Crippen LogP contribution >= 0.6 is 0 Å². The molecule has 0 unspecified atom stereocenters. The summed E-state index contributed by atoms with van der Waals surface area (Å²) in [6, 6.07) is 7.28. The quantitative estimate of drug-likeness (QED) is 0.545. The average Bonchev–Trinajstić information content (AvgIpc) is 3.25. The van der Waals surface area contributed by atoms with Gasteiger partial charge in [0.05, 0.1) is 31.4 Å². The average molecular weight is 370 g/mol. The topological polar surface area (TPSA) is 80.8 Å². The van der Waals surface area contributed by atoms with Gasteiger partial charge in [-0.25, -0.2) is 13.8 Å². The van der Waals surface area contributed by atoms with E-state index in [1.165, 1.54) is 22.9 Å². The highest BCUT2D eigenvalue weighted by molar-refractivity contribution is 5.80. The Balaban J connectivity index is 1.62. The van der Waals surface area contributed by atoms with E-state index in [0.29, 0.717) is 23.7 Å². The van der Waals surface area contributed by atoms with E-state index in [9.17, 15) is 8.78 Å². The van der Waals surface area contributed by atoms with Crippen molar-refractivity contribution in [1.82, 2.24) is 24.5 Å². The molecule has 0 radical (unpaired) electrons. The molecule has 0 saturated carbocycles. The number of hydrogen-bond donors (Lipinski definition) is 2. The maximum atomic E-state index is 13.9. The third-order valence-corrected chi connectivity index (χ3v) is 4.12. The Hall–Kier alpha value is -3.33. The van der Waals surface area contributed by atoms with E-state index in [-0.39, 0.29) is 18.7 Å². The van der Waals surface area contributed by atoms with E-state index < -0.39 is 11.6 Å². The molecule has 27 heavy (non-hydrogen) atoms. The zero-order valence-corrected chi connectivity index (χ0v) is 14.2. The Labute approximate surface area is 152 Å². The minimum atomic E-state index is -0.611.